The fraction of sp³-hybridized carbons (Fsp3) is 0.300. The minimum atomic E-state index is -1.80. The van der Waals surface area contributed by atoms with Gasteiger partial charge in [-0.2, -0.15) is 0 Å². The zero-order chi connectivity index (χ0) is 14.8. The van der Waals surface area contributed by atoms with Crippen molar-refractivity contribution < 1.29 is 4.79 Å². The number of halogens is 6. The minimum absolute atomic E-state index is 0.311. The molecule has 0 radical (unpaired) electrons. The summed E-state index contributed by atoms with van der Waals surface area (Å²) < 4.78 is -1.80. The number of nitrogens with one attached hydrogen (secondary N) is 1. The molecule has 0 fully saturated rings. The number of benzene rings is 1. The van der Waals surface area contributed by atoms with E-state index in [0.717, 1.165) is 4.90 Å². The van der Waals surface area contributed by atoms with Gasteiger partial charge in [-0.1, -0.05) is 69.6 Å². The molecule has 0 aliphatic heterocycles. The fourth-order valence-corrected chi connectivity index (χ4v) is 1.93. The van der Waals surface area contributed by atoms with Crippen molar-refractivity contribution >= 4 is 81.3 Å². The van der Waals surface area contributed by atoms with Crippen molar-refractivity contribution in [3.63, 3.8) is 0 Å². The summed E-state index contributed by atoms with van der Waals surface area (Å²) in [5, 5.41) is 3.24. The third-order valence-corrected chi connectivity index (χ3v) is 4.42. The SMILES string of the molecule is CN(C(=O)Nc1ccc(Cl)c(Cl)c1)C(Cl)C(Cl)(Cl)Cl. The number of amides is 2. The first-order valence-electron chi connectivity index (χ1n) is 4.82. The van der Waals surface area contributed by atoms with Crippen LogP contribution in [-0.2, 0) is 0 Å². The number of hydrogen-bond donors (Lipinski definition) is 1. The van der Waals surface area contributed by atoms with Gasteiger partial charge in [0.1, 0.15) is 0 Å². The Kier molecular flexibility index (Phi) is 6.18. The summed E-state index contributed by atoms with van der Waals surface area (Å²) in [7, 11) is 1.40. The maximum Gasteiger partial charge on any atom is 0.322 e. The van der Waals surface area contributed by atoms with E-state index in [1.54, 1.807) is 12.1 Å². The Bertz CT molecular complexity index is 476. The number of carbonyl (C=O) groups excluding carboxylic acids is 1. The van der Waals surface area contributed by atoms with Gasteiger partial charge < -0.3 is 10.2 Å². The van der Waals surface area contributed by atoms with Crippen molar-refractivity contribution in [2.45, 2.75) is 9.29 Å². The quantitative estimate of drug-likeness (QED) is 0.538. The van der Waals surface area contributed by atoms with Gasteiger partial charge in [0.15, 0.2) is 5.50 Å². The Morgan fingerprint density at radius 3 is 2.32 bits per heavy atom. The van der Waals surface area contributed by atoms with E-state index < -0.39 is 15.3 Å². The summed E-state index contributed by atoms with van der Waals surface area (Å²) in [6.07, 6.45) is 0. The van der Waals surface area contributed by atoms with E-state index in [0.29, 0.717) is 15.7 Å². The van der Waals surface area contributed by atoms with Crippen molar-refractivity contribution in [2.75, 3.05) is 12.4 Å². The van der Waals surface area contributed by atoms with Crippen molar-refractivity contribution in [3.05, 3.63) is 28.2 Å². The number of carbonyl (C=O) groups is 1. The van der Waals surface area contributed by atoms with E-state index >= 15 is 0 Å². The van der Waals surface area contributed by atoms with E-state index in [1.165, 1.54) is 13.1 Å². The van der Waals surface area contributed by atoms with Gasteiger partial charge in [-0.15, -0.1) is 0 Å². The molecule has 0 saturated carbocycles. The molecule has 0 spiro atoms. The summed E-state index contributed by atoms with van der Waals surface area (Å²) >= 11 is 34.3. The lowest BCUT2D eigenvalue weighted by Crippen LogP contribution is -2.43. The summed E-state index contributed by atoms with van der Waals surface area (Å²) in [6.45, 7) is 0. The number of anilines is 1. The van der Waals surface area contributed by atoms with Crippen LogP contribution in [0.2, 0.25) is 10.0 Å². The highest BCUT2D eigenvalue weighted by molar-refractivity contribution is 6.70. The molecule has 106 valence electrons. The smallest absolute Gasteiger partial charge is 0.308 e. The molecule has 0 aromatic heterocycles. The highest BCUT2D eigenvalue weighted by Gasteiger charge is 2.36. The van der Waals surface area contributed by atoms with Gasteiger partial charge in [0.2, 0.25) is 3.79 Å². The molecule has 0 heterocycles. The number of hydrogen-bond acceptors (Lipinski definition) is 1. The molecular weight excluding hydrogens is 377 g/mol. The highest BCUT2D eigenvalue weighted by Crippen LogP contribution is 2.35. The molecule has 2 amide bonds. The molecule has 0 saturated heterocycles. The summed E-state index contributed by atoms with van der Waals surface area (Å²) in [6, 6.07) is 4.07. The Labute approximate surface area is 140 Å². The van der Waals surface area contributed by atoms with Crippen LogP contribution in [0.3, 0.4) is 0 Å². The molecule has 1 N–H and O–H groups in total. The zero-order valence-corrected chi connectivity index (χ0v) is 14.0. The second-order valence-corrected chi connectivity index (χ2v) is 7.14. The van der Waals surface area contributed by atoms with E-state index in [-0.39, 0.29) is 0 Å². The van der Waals surface area contributed by atoms with Crippen LogP contribution in [0.1, 0.15) is 0 Å². The van der Waals surface area contributed by atoms with Gasteiger partial charge >= 0.3 is 6.03 Å². The Balaban J connectivity index is 2.77. The summed E-state index contributed by atoms with van der Waals surface area (Å²) in [5.74, 6) is 0. The van der Waals surface area contributed by atoms with Crippen LogP contribution < -0.4 is 5.32 Å². The number of alkyl halides is 4. The van der Waals surface area contributed by atoms with Crippen LogP contribution in [0.4, 0.5) is 10.5 Å². The second-order valence-electron chi connectivity index (χ2n) is 3.55. The molecule has 3 nitrogen and oxygen atoms in total. The third kappa shape index (κ3) is 4.92. The van der Waals surface area contributed by atoms with Gasteiger partial charge in [0.25, 0.3) is 0 Å². The molecule has 1 rings (SSSR count). The molecule has 0 aliphatic rings. The minimum Gasteiger partial charge on any atom is -0.308 e. The van der Waals surface area contributed by atoms with Crippen molar-refractivity contribution in [3.8, 4) is 0 Å². The van der Waals surface area contributed by atoms with Crippen LogP contribution in [-0.4, -0.2) is 27.3 Å². The third-order valence-electron chi connectivity index (χ3n) is 2.10. The molecule has 1 unspecified atom stereocenters. The van der Waals surface area contributed by atoms with Crippen molar-refractivity contribution in [1.29, 1.82) is 0 Å². The normalized spacial score (nSPS) is 13.0. The lowest BCUT2D eigenvalue weighted by Gasteiger charge is -2.28. The van der Waals surface area contributed by atoms with Crippen LogP contribution in [0.5, 0.6) is 0 Å². The summed E-state index contributed by atoms with van der Waals surface area (Å²) in [5.41, 5.74) is -0.681. The lowest BCUT2D eigenvalue weighted by atomic mass is 10.3. The molecule has 0 aliphatic carbocycles. The van der Waals surface area contributed by atoms with Crippen molar-refractivity contribution in [1.82, 2.24) is 4.90 Å². The Hall–Kier alpha value is 0.230. The zero-order valence-electron chi connectivity index (χ0n) is 9.43. The van der Waals surface area contributed by atoms with E-state index in [2.05, 4.69) is 5.32 Å². The monoisotopic (exact) mass is 382 g/mol. The molecule has 0 bridgehead atoms. The van der Waals surface area contributed by atoms with Crippen LogP contribution in [0, 0.1) is 0 Å². The Morgan fingerprint density at radius 1 is 1.26 bits per heavy atom. The first-order valence-corrected chi connectivity index (χ1v) is 7.15. The number of urea groups is 1. The molecule has 19 heavy (non-hydrogen) atoms. The largest absolute Gasteiger partial charge is 0.322 e. The average molecular weight is 385 g/mol. The fourth-order valence-electron chi connectivity index (χ4n) is 1.11. The first kappa shape index (κ1) is 17.3. The standard InChI is InChI=1S/C10H8Cl6N2O/c1-18(8(13)10(14,15)16)9(19)17-5-2-3-6(11)7(12)4-5/h2-4,8H,1H3,(H,17,19). The van der Waals surface area contributed by atoms with Gasteiger partial charge in [0.05, 0.1) is 10.0 Å². The summed E-state index contributed by atoms with van der Waals surface area (Å²) in [4.78, 5) is 12.9. The van der Waals surface area contributed by atoms with Gasteiger partial charge in [-0.05, 0) is 18.2 Å². The lowest BCUT2D eigenvalue weighted by molar-refractivity contribution is 0.218. The van der Waals surface area contributed by atoms with Gasteiger partial charge in [-0.25, -0.2) is 4.79 Å². The molecule has 1 atom stereocenters. The maximum absolute atomic E-state index is 11.9. The molecule has 1 aromatic carbocycles. The van der Waals surface area contributed by atoms with E-state index in [9.17, 15) is 4.79 Å². The van der Waals surface area contributed by atoms with Crippen LogP contribution in [0.25, 0.3) is 0 Å². The molecule has 1 aromatic rings. The second kappa shape index (κ2) is 6.79. The average Bonchev–Trinajstić information content (AvgIpc) is 2.30. The van der Waals surface area contributed by atoms with Crippen LogP contribution >= 0.6 is 69.6 Å². The highest BCUT2D eigenvalue weighted by atomic mass is 35.6. The Morgan fingerprint density at radius 2 is 1.84 bits per heavy atom. The maximum atomic E-state index is 11.9. The van der Waals surface area contributed by atoms with Gasteiger partial charge in [-0.3, -0.25) is 0 Å². The topological polar surface area (TPSA) is 32.3 Å². The van der Waals surface area contributed by atoms with Gasteiger partial charge in [0, 0.05) is 12.7 Å². The number of rotatable bonds is 2. The molecular formula is C10H8Cl6N2O. The van der Waals surface area contributed by atoms with Crippen molar-refractivity contribution in [2.24, 2.45) is 0 Å². The van der Waals surface area contributed by atoms with E-state index in [4.69, 9.17) is 69.6 Å². The first-order chi connectivity index (χ1) is 8.62. The predicted molar refractivity (Wildman–Crippen MR) is 83.2 cm³/mol. The molecule has 9 heteroatoms. The van der Waals surface area contributed by atoms with E-state index in [1.807, 2.05) is 0 Å². The van der Waals surface area contributed by atoms with Crippen LogP contribution in [0.15, 0.2) is 18.2 Å². The number of nitrogens with zero attached hydrogens (tertiary/aromatic N) is 1. The predicted octanol–water partition coefficient (Wildman–Crippen LogP) is 5.39.